The molecular weight excluding hydrogens is 216 g/mol. The molecule has 1 nitrogen and oxygen atoms in total. The Morgan fingerprint density at radius 2 is 2.08 bits per heavy atom. The number of benzene rings is 1. The standard InChI is InChI=1S/C10H13BrO/c1-4-8-5-7(2)6-9(11)10(8)12-3/h5-6H,4H2,1-3H3. The summed E-state index contributed by atoms with van der Waals surface area (Å²) in [5, 5.41) is 0. The maximum atomic E-state index is 5.28. The SMILES string of the molecule is CCc1cc(C)cc(Br)c1OC. The fourth-order valence-electron chi connectivity index (χ4n) is 1.29. The summed E-state index contributed by atoms with van der Waals surface area (Å²) in [6.07, 6.45) is 1.00. The van der Waals surface area contributed by atoms with E-state index in [1.54, 1.807) is 7.11 Å². The van der Waals surface area contributed by atoms with E-state index in [1.807, 2.05) is 0 Å². The molecule has 0 aliphatic rings. The van der Waals surface area contributed by atoms with Gasteiger partial charge in [0.2, 0.25) is 0 Å². The van der Waals surface area contributed by atoms with Crippen LogP contribution in [0.5, 0.6) is 5.75 Å². The van der Waals surface area contributed by atoms with Crippen LogP contribution in [0.4, 0.5) is 0 Å². The Labute approximate surface area is 81.9 Å². The van der Waals surface area contributed by atoms with Crippen LogP contribution in [0.1, 0.15) is 18.1 Å². The highest BCUT2D eigenvalue weighted by molar-refractivity contribution is 9.10. The molecule has 0 heterocycles. The fourth-order valence-corrected chi connectivity index (χ4v) is 2.07. The number of ether oxygens (including phenoxy) is 1. The Morgan fingerprint density at radius 1 is 1.42 bits per heavy atom. The van der Waals surface area contributed by atoms with Crippen molar-refractivity contribution < 1.29 is 4.74 Å². The van der Waals surface area contributed by atoms with Crippen molar-refractivity contribution in [3.05, 3.63) is 27.7 Å². The Kier molecular flexibility index (Phi) is 3.15. The third-order valence-electron chi connectivity index (χ3n) is 1.85. The molecule has 0 saturated carbocycles. The summed E-state index contributed by atoms with van der Waals surface area (Å²) >= 11 is 3.47. The zero-order chi connectivity index (χ0) is 9.14. The van der Waals surface area contributed by atoms with E-state index in [4.69, 9.17) is 4.74 Å². The molecule has 66 valence electrons. The third kappa shape index (κ3) is 1.81. The summed E-state index contributed by atoms with van der Waals surface area (Å²) < 4.78 is 6.32. The number of hydrogen-bond acceptors (Lipinski definition) is 1. The molecule has 0 unspecified atom stereocenters. The van der Waals surface area contributed by atoms with Crippen LogP contribution < -0.4 is 4.74 Å². The zero-order valence-corrected chi connectivity index (χ0v) is 9.23. The smallest absolute Gasteiger partial charge is 0.136 e. The average molecular weight is 229 g/mol. The second-order valence-corrected chi connectivity index (χ2v) is 3.65. The van der Waals surface area contributed by atoms with Crippen LogP contribution in [-0.2, 0) is 6.42 Å². The summed E-state index contributed by atoms with van der Waals surface area (Å²) in [7, 11) is 1.70. The first kappa shape index (κ1) is 9.59. The largest absolute Gasteiger partial charge is 0.495 e. The van der Waals surface area contributed by atoms with Gasteiger partial charge < -0.3 is 4.74 Å². The zero-order valence-electron chi connectivity index (χ0n) is 7.65. The summed E-state index contributed by atoms with van der Waals surface area (Å²) in [6.45, 7) is 4.22. The third-order valence-corrected chi connectivity index (χ3v) is 2.44. The molecule has 0 aromatic heterocycles. The van der Waals surface area contributed by atoms with Crippen LogP contribution in [0.2, 0.25) is 0 Å². The Morgan fingerprint density at radius 3 is 2.58 bits per heavy atom. The van der Waals surface area contributed by atoms with Gasteiger partial charge >= 0.3 is 0 Å². The molecule has 1 rings (SSSR count). The molecule has 0 fully saturated rings. The van der Waals surface area contributed by atoms with Crippen molar-refractivity contribution in [2.45, 2.75) is 20.3 Å². The van der Waals surface area contributed by atoms with E-state index in [0.717, 1.165) is 16.6 Å². The highest BCUT2D eigenvalue weighted by Gasteiger charge is 2.05. The minimum absolute atomic E-state index is 0.961. The summed E-state index contributed by atoms with van der Waals surface area (Å²) in [5.74, 6) is 0.961. The molecule has 0 N–H and O–H groups in total. The first-order valence-corrected chi connectivity index (χ1v) is 4.81. The quantitative estimate of drug-likeness (QED) is 0.755. The van der Waals surface area contributed by atoms with Gasteiger partial charge in [-0.3, -0.25) is 0 Å². The Bertz CT molecular complexity index is 281. The van der Waals surface area contributed by atoms with Crippen molar-refractivity contribution in [3.8, 4) is 5.75 Å². The van der Waals surface area contributed by atoms with E-state index in [1.165, 1.54) is 11.1 Å². The van der Waals surface area contributed by atoms with E-state index in [9.17, 15) is 0 Å². The van der Waals surface area contributed by atoms with Gasteiger partial charge in [-0.1, -0.05) is 13.0 Å². The fraction of sp³-hybridized carbons (Fsp3) is 0.400. The van der Waals surface area contributed by atoms with E-state index < -0.39 is 0 Å². The number of hydrogen-bond donors (Lipinski definition) is 0. The van der Waals surface area contributed by atoms with Crippen molar-refractivity contribution in [1.29, 1.82) is 0 Å². The summed E-state index contributed by atoms with van der Waals surface area (Å²) in [6, 6.07) is 4.22. The van der Waals surface area contributed by atoms with Crippen molar-refractivity contribution in [2.75, 3.05) is 7.11 Å². The van der Waals surface area contributed by atoms with Crippen LogP contribution in [0, 0.1) is 6.92 Å². The molecule has 0 aliphatic heterocycles. The Balaban J connectivity index is 3.24. The number of rotatable bonds is 2. The normalized spacial score (nSPS) is 10.0. The topological polar surface area (TPSA) is 9.23 Å². The highest BCUT2D eigenvalue weighted by atomic mass is 79.9. The van der Waals surface area contributed by atoms with Crippen molar-refractivity contribution in [2.24, 2.45) is 0 Å². The van der Waals surface area contributed by atoms with Crippen molar-refractivity contribution in [1.82, 2.24) is 0 Å². The average Bonchev–Trinajstić information content (AvgIpc) is 2.03. The molecule has 0 bridgehead atoms. The monoisotopic (exact) mass is 228 g/mol. The highest BCUT2D eigenvalue weighted by Crippen LogP contribution is 2.30. The van der Waals surface area contributed by atoms with Gasteiger partial charge in [0.1, 0.15) is 5.75 Å². The van der Waals surface area contributed by atoms with Crippen LogP contribution >= 0.6 is 15.9 Å². The van der Waals surface area contributed by atoms with Gasteiger partial charge in [0.25, 0.3) is 0 Å². The first-order valence-electron chi connectivity index (χ1n) is 4.02. The van der Waals surface area contributed by atoms with Crippen LogP contribution in [-0.4, -0.2) is 7.11 Å². The summed E-state index contributed by atoms with van der Waals surface area (Å²) in [5.41, 5.74) is 2.52. The molecule has 0 atom stereocenters. The molecule has 2 heteroatoms. The second-order valence-electron chi connectivity index (χ2n) is 2.79. The lowest BCUT2D eigenvalue weighted by Crippen LogP contribution is -1.92. The molecule has 12 heavy (non-hydrogen) atoms. The maximum absolute atomic E-state index is 5.28. The molecule has 1 aromatic rings. The molecular formula is C10H13BrO. The lowest BCUT2D eigenvalue weighted by molar-refractivity contribution is 0.407. The minimum atomic E-state index is 0.961. The van der Waals surface area contributed by atoms with Crippen LogP contribution in [0.25, 0.3) is 0 Å². The Hall–Kier alpha value is -0.500. The van der Waals surface area contributed by atoms with Crippen LogP contribution in [0.15, 0.2) is 16.6 Å². The lowest BCUT2D eigenvalue weighted by Gasteiger charge is -2.09. The molecule has 0 saturated heterocycles. The minimum Gasteiger partial charge on any atom is -0.495 e. The van der Waals surface area contributed by atoms with Crippen molar-refractivity contribution >= 4 is 15.9 Å². The van der Waals surface area contributed by atoms with Gasteiger partial charge in [-0.25, -0.2) is 0 Å². The van der Waals surface area contributed by atoms with Gasteiger partial charge in [-0.05, 0) is 46.5 Å². The lowest BCUT2D eigenvalue weighted by atomic mass is 10.1. The maximum Gasteiger partial charge on any atom is 0.136 e. The number of methoxy groups -OCH3 is 1. The second kappa shape index (κ2) is 3.94. The van der Waals surface area contributed by atoms with Gasteiger partial charge in [0.05, 0.1) is 11.6 Å². The summed E-state index contributed by atoms with van der Waals surface area (Å²) in [4.78, 5) is 0. The predicted molar refractivity (Wildman–Crippen MR) is 54.8 cm³/mol. The van der Waals surface area contributed by atoms with Crippen LogP contribution in [0.3, 0.4) is 0 Å². The molecule has 1 aromatic carbocycles. The van der Waals surface area contributed by atoms with Gasteiger partial charge in [-0.2, -0.15) is 0 Å². The number of aryl methyl sites for hydroxylation is 2. The molecule has 0 aliphatic carbocycles. The van der Waals surface area contributed by atoms with Crippen molar-refractivity contribution in [3.63, 3.8) is 0 Å². The van der Waals surface area contributed by atoms with E-state index >= 15 is 0 Å². The van der Waals surface area contributed by atoms with Gasteiger partial charge in [0, 0.05) is 0 Å². The first-order chi connectivity index (χ1) is 5.69. The van der Waals surface area contributed by atoms with E-state index in [-0.39, 0.29) is 0 Å². The van der Waals surface area contributed by atoms with Gasteiger partial charge in [-0.15, -0.1) is 0 Å². The van der Waals surface area contributed by atoms with E-state index in [2.05, 4.69) is 41.9 Å². The number of halogens is 1. The molecule has 0 radical (unpaired) electrons. The van der Waals surface area contributed by atoms with Gasteiger partial charge in [0.15, 0.2) is 0 Å². The molecule has 0 spiro atoms. The van der Waals surface area contributed by atoms with E-state index in [0.29, 0.717) is 0 Å². The predicted octanol–water partition coefficient (Wildman–Crippen LogP) is 3.33. The molecule has 0 amide bonds.